The van der Waals surface area contributed by atoms with Crippen LogP contribution in [0.4, 0.5) is 18.9 Å². The smallest absolute Gasteiger partial charge is 0.409 e. The summed E-state index contributed by atoms with van der Waals surface area (Å²) < 4.78 is 42.4. The molecule has 0 fully saturated rings. The zero-order valence-corrected chi connectivity index (χ0v) is 14.2. The Balaban J connectivity index is 1.85. The van der Waals surface area contributed by atoms with Crippen molar-refractivity contribution in [2.75, 3.05) is 5.32 Å². The maximum Gasteiger partial charge on any atom is 0.409 e. The third-order valence-electron chi connectivity index (χ3n) is 3.90. The lowest BCUT2D eigenvalue weighted by atomic mass is 10.0. The van der Waals surface area contributed by atoms with Gasteiger partial charge in [-0.25, -0.2) is 4.98 Å². The van der Waals surface area contributed by atoms with Crippen LogP contribution in [0.25, 0.3) is 17.2 Å². The lowest BCUT2D eigenvalue weighted by Gasteiger charge is -2.10. The van der Waals surface area contributed by atoms with E-state index in [1.807, 2.05) is 0 Å². The number of aromatic nitrogens is 1. The van der Waals surface area contributed by atoms with Crippen LogP contribution in [0.2, 0.25) is 0 Å². The maximum absolute atomic E-state index is 12.5. The molecule has 0 radical (unpaired) electrons. The molecule has 1 amide bonds. The molecule has 0 saturated heterocycles. The van der Waals surface area contributed by atoms with Crippen LogP contribution in [-0.4, -0.2) is 22.2 Å². The fourth-order valence-electron chi connectivity index (χ4n) is 2.58. The molecule has 27 heavy (non-hydrogen) atoms. The lowest BCUT2D eigenvalue weighted by Crippen LogP contribution is -2.13. The van der Waals surface area contributed by atoms with E-state index in [-0.39, 0.29) is 24.1 Å². The number of alkyl halides is 3. The van der Waals surface area contributed by atoms with Crippen molar-refractivity contribution >= 4 is 28.8 Å². The Morgan fingerprint density at radius 1 is 1.30 bits per heavy atom. The SMILES string of the molecule is Cc1c(C=CC(F)(F)F)cccc1C(=O)Nc1ccc2oc(CO)nc2c1. The molecule has 0 saturated carbocycles. The number of carbonyl (C=O) groups excluding carboxylic acids is 1. The summed E-state index contributed by atoms with van der Waals surface area (Å²) in [7, 11) is 0. The highest BCUT2D eigenvalue weighted by atomic mass is 19.4. The van der Waals surface area contributed by atoms with E-state index in [1.165, 1.54) is 18.2 Å². The van der Waals surface area contributed by atoms with Gasteiger partial charge in [0.1, 0.15) is 12.1 Å². The topological polar surface area (TPSA) is 75.4 Å². The molecule has 0 spiro atoms. The van der Waals surface area contributed by atoms with Crippen LogP contribution >= 0.6 is 0 Å². The van der Waals surface area contributed by atoms with Crippen molar-refractivity contribution in [3.05, 3.63) is 65.1 Å². The van der Waals surface area contributed by atoms with Crippen molar-refractivity contribution in [3.8, 4) is 0 Å². The summed E-state index contributed by atoms with van der Waals surface area (Å²) >= 11 is 0. The molecule has 0 unspecified atom stereocenters. The zero-order valence-electron chi connectivity index (χ0n) is 14.2. The first-order chi connectivity index (χ1) is 12.8. The molecule has 140 valence electrons. The summed E-state index contributed by atoms with van der Waals surface area (Å²) in [4.78, 5) is 16.6. The highest BCUT2D eigenvalue weighted by molar-refractivity contribution is 6.06. The number of nitrogens with zero attached hydrogens (tertiary/aromatic N) is 1. The Hall–Kier alpha value is -3.13. The van der Waals surface area contributed by atoms with E-state index in [4.69, 9.17) is 9.52 Å². The largest absolute Gasteiger partial charge is 0.438 e. The first-order valence-electron chi connectivity index (χ1n) is 7.94. The first-order valence-corrected chi connectivity index (χ1v) is 7.94. The summed E-state index contributed by atoms with van der Waals surface area (Å²) in [5, 5.41) is 11.7. The number of amides is 1. The molecule has 8 heteroatoms. The number of hydrogen-bond donors (Lipinski definition) is 2. The molecule has 2 N–H and O–H groups in total. The summed E-state index contributed by atoms with van der Waals surface area (Å²) in [5.74, 6) is -0.298. The van der Waals surface area contributed by atoms with Gasteiger partial charge >= 0.3 is 6.18 Å². The van der Waals surface area contributed by atoms with E-state index in [2.05, 4.69) is 10.3 Å². The standard InChI is InChI=1S/C19H15F3N2O3/c1-11-12(7-8-19(20,21)22)3-2-4-14(11)18(26)23-13-5-6-16-15(9-13)24-17(10-25)27-16/h2-9,25H,10H2,1H3,(H,23,26). The minimum Gasteiger partial charge on any atom is -0.438 e. The van der Waals surface area contributed by atoms with Crippen LogP contribution < -0.4 is 5.32 Å². The zero-order chi connectivity index (χ0) is 19.6. The highest BCUT2D eigenvalue weighted by Gasteiger charge is 2.22. The van der Waals surface area contributed by atoms with Crippen molar-refractivity contribution in [2.45, 2.75) is 19.7 Å². The monoisotopic (exact) mass is 376 g/mol. The summed E-state index contributed by atoms with van der Waals surface area (Å²) in [6.07, 6.45) is -3.36. The van der Waals surface area contributed by atoms with Gasteiger partial charge < -0.3 is 14.8 Å². The Bertz CT molecular complexity index is 1020. The van der Waals surface area contributed by atoms with Crippen molar-refractivity contribution < 1.29 is 27.5 Å². The molecule has 0 aliphatic rings. The Labute approximate surface area is 152 Å². The second kappa shape index (κ2) is 7.24. The van der Waals surface area contributed by atoms with Gasteiger partial charge in [0.25, 0.3) is 5.91 Å². The van der Waals surface area contributed by atoms with Crippen LogP contribution in [-0.2, 0) is 6.61 Å². The van der Waals surface area contributed by atoms with Crippen molar-refractivity contribution in [2.24, 2.45) is 0 Å². The lowest BCUT2D eigenvalue weighted by molar-refractivity contribution is -0.0790. The van der Waals surface area contributed by atoms with E-state index in [1.54, 1.807) is 25.1 Å². The average molecular weight is 376 g/mol. The highest BCUT2D eigenvalue weighted by Crippen LogP contribution is 2.23. The molecule has 0 atom stereocenters. The van der Waals surface area contributed by atoms with Gasteiger partial charge in [0, 0.05) is 17.3 Å². The number of nitrogens with one attached hydrogen (secondary N) is 1. The summed E-state index contributed by atoms with van der Waals surface area (Å²) in [5.41, 5.74) is 2.37. The van der Waals surface area contributed by atoms with Gasteiger partial charge in [0.05, 0.1) is 0 Å². The molecule has 0 bridgehead atoms. The molecule has 1 heterocycles. The minimum absolute atomic E-state index is 0.133. The summed E-state index contributed by atoms with van der Waals surface area (Å²) in [6.45, 7) is 1.24. The number of oxazole rings is 1. The number of halogens is 3. The van der Waals surface area contributed by atoms with Gasteiger partial charge in [-0.2, -0.15) is 13.2 Å². The molecule has 0 aliphatic carbocycles. The minimum atomic E-state index is -4.43. The number of aliphatic hydroxyl groups is 1. The predicted molar refractivity (Wildman–Crippen MR) is 94.2 cm³/mol. The number of rotatable bonds is 4. The van der Waals surface area contributed by atoms with Gasteiger partial charge in [-0.1, -0.05) is 12.1 Å². The van der Waals surface area contributed by atoms with Crippen LogP contribution in [0, 0.1) is 6.92 Å². The average Bonchev–Trinajstić information content (AvgIpc) is 3.02. The number of carbonyl (C=O) groups is 1. The normalized spacial score (nSPS) is 12.0. The quantitative estimate of drug-likeness (QED) is 0.705. The number of hydrogen-bond acceptors (Lipinski definition) is 4. The molecular formula is C19H15F3N2O3. The van der Waals surface area contributed by atoms with Crippen molar-refractivity contribution in [1.29, 1.82) is 0 Å². The van der Waals surface area contributed by atoms with E-state index in [0.717, 1.165) is 6.08 Å². The van der Waals surface area contributed by atoms with Crippen LogP contribution in [0.15, 0.2) is 46.9 Å². The van der Waals surface area contributed by atoms with Crippen LogP contribution in [0.5, 0.6) is 0 Å². The third-order valence-corrected chi connectivity index (χ3v) is 3.90. The number of fused-ring (bicyclic) bond motifs is 1. The van der Waals surface area contributed by atoms with Gasteiger partial charge in [-0.15, -0.1) is 0 Å². The predicted octanol–water partition coefficient (Wildman–Crippen LogP) is 4.46. The summed E-state index contributed by atoms with van der Waals surface area (Å²) in [6, 6.07) is 9.35. The molecule has 2 aromatic carbocycles. The number of benzene rings is 2. The van der Waals surface area contributed by atoms with Gasteiger partial charge in [0.15, 0.2) is 5.58 Å². The second-order valence-corrected chi connectivity index (χ2v) is 5.80. The van der Waals surface area contributed by atoms with Crippen molar-refractivity contribution in [3.63, 3.8) is 0 Å². The number of allylic oxidation sites excluding steroid dienone is 1. The van der Waals surface area contributed by atoms with Gasteiger partial charge in [-0.3, -0.25) is 4.79 Å². The van der Waals surface area contributed by atoms with E-state index in [9.17, 15) is 18.0 Å². The van der Waals surface area contributed by atoms with E-state index >= 15 is 0 Å². The van der Waals surface area contributed by atoms with Gasteiger partial charge in [-0.05, 0) is 48.4 Å². The van der Waals surface area contributed by atoms with Gasteiger partial charge in [0.2, 0.25) is 5.89 Å². The maximum atomic E-state index is 12.5. The Kier molecular flexibility index (Phi) is 5.00. The molecule has 1 aromatic heterocycles. The molecule has 5 nitrogen and oxygen atoms in total. The fourth-order valence-corrected chi connectivity index (χ4v) is 2.58. The van der Waals surface area contributed by atoms with Crippen LogP contribution in [0.3, 0.4) is 0 Å². The van der Waals surface area contributed by atoms with E-state index < -0.39 is 12.1 Å². The second-order valence-electron chi connectivity index (χ2n) is 5.80. The molecule has 3 rings (SSSR count). The molecule has 3 aromatic rings. The van der Waals surface area contributed by atoms with E-state index in [0.29, 0.717) is 27.9 Å². The van der Waals surface area contributed by atoms with Crippen LogP contribution in [0.1, 0.15) is 27.4 Å². The van der Waals surface area contributed by atoms with Crippen molar-refractivity contribution in [1.82, 2.24) is 4.98 Å². The molecule has 0 aliphatic heterocycles. The Morgan fingerprint density at radius 2 is 2.07 bits per heavy atom. The fraction of sp³-hybridized carbons (Fsp3) is 0.158. The molecular weight excluding hydrogens is 361 g/mol. The number of anilines is 1. The third kappa shape index (κ3) is 4.35. The Morgan fingerprint density at radius 3 is 2.78 bits per heavy atom. The first kappa shape index (κ1) is 18.7. The number of aliphatic hydroxyl groups excluding tert-OH is 1.